The molecule has 26 heavy (non-hydrogen) atoms. The first kappa shape index (κ1) is 18.5. The van der Waals surface area contributed by atoms with Crippen LogP contribution in [0.1, 0.15) is 23.3 Å². The number of amides is 1. The second kappa shape index (κ2) is 6.78. The summed E-state index contributed by atoms with van der Waals surface area (Å²) in [6, 6.07) is 3.75. The van der Waals surface area contributed by atoms with E-state index in [1.165, 1.54) is 29.9 Å². The highest BCUT2D eigenvalue weighted by Crippen LogP contribution is 2.23. The minimum Gasteiger partial charge on any atom is -0.393 e. The van der Waals surface area contributed by atoms with Gasteiger partial charge in [-0.1, -0.05) is 0 Å². The maximum atomic E-state index is 13.2. The number of rotatable bonds is 5. The Bertz CT molecular complexity index is 952. The molecule has 0 unspecified atom stereocenters. The van der Waals surface area contributed by atoms with Crippen molar-refractivity contribution in [3.8, 4) is 0 Å². The van der Waals surface area contributed by atoms with Crippen molar-refractivity contribution in [2.75, 3.05) is 5.32 Å². The van der Waals surface area contributed by atoms with Crippen molar-refractivity contribution in [3.05, 3.63) is 47.8 Å². The van der Waals surface area contributed by atoms with E-state index in [0.717, 1.165) is 12.1 Å². The normalized spacial score (nSPS) is 19.8. The SMILES string of the molecule is Cn1cc(S(=O)(=O)NC2CC(O)C2)cc1C(=O)Nc1ccc(F)c(F)c1. The Labute approximate surface area is 148 Å². The molecule has 1 fully saturated rings. The predicted molar refractivity (Wildman–Crippen MR) is 89.1 cm³/mol. The highest BCUT2D eigenvalue weighted by atomic mass is 32.2. The van der Waals surface area contributed by atoms with Crippen LogP contribution in [0.25, 0.3) is 0 Å². The van der Waals surface area contributed by atoms with Crippen molar-refractivity contribution < 1.29 is 27.1 Å². The molecular weight excluding hydrogens is 368 g/mol. The summed E-state index contributed by atoms with van der Waals surface area (Å²) in [5.74, 6) is -2.81. The molecule has 1 heterocycles. The third-order valence-corrected chi connectivity index (χ3v) is 5.62. The number of aliphatic hydroxyl groups is 1. The van der Waals surface area contributed by atoms with Crippen LogP contribution in [-0.4, -0.2) is 36.1 Å². The van der Waals surface area contributed by atoms with Crippen molar-refractivity contribution in [1.82, 2.24) is 9.29 Å². The standard InChI is InChI=1S/C16H17F2N3O4S/c1-21-8-12(26(24,25)20-10-4-11(22)5-10)7-15(21)16(23)19-9-2-3-13(17)14(18)6-9/h2-3,6-8,10-11,20,22H,4-5H2,1H3,(H,19,23). The largest absolute Gasteiger partial charge is 0.393 e. The van der Waals surface area contributed by atoms with Crippen LogP contribution in [-0.2, 0) is 17.1 Å². The number of carbonyl (C=O) groups is 1. The van der Waals surface area contributed by atoms with Gasteiger partial charge in [-0.05, 0) is 31.0 Å². The molecule has 140 valence electrons. The molecule has 0 spiro atoms. The summed E-state index contributed by atoms with van der Waals surface area (Å²) in [4.78, 5) is 12.2. The Balaban J connectivity index is 1.76. The average Bonchev–Trinajstić information content (AvgIpc) is 2.92. The lowest BCUT2D eigenvalue weighted by molar-refractivity contribution is 0.0712. The molecule has 1 aliphatic carbocycles. The quantitative estimate of drug-likeness (QED) is 0.723. The third kappa shape index (κ3) is 3.76. The minimum atomic E-state index is -3.84. The summed E-state index contributed by atoms with van der Waals surface area (Å²) in [5.41, 5.74) is 0.0739. The average molecular weight is 385 g/mol. The van der Waals surface area contributed by atoms with Crippen LogP contribution in [0.3, 0.4) is 0 Å². The summed E-state index contributed by atoms with van der Waals surface area (Å²) in [7, 11) is -2.34. The summed E-state index contributed by atoms with van der Waals surface area (Å²) < 4.78 is 54.6. The van der Waals surface area contributed by atoms with Crippen molar-refractivity contribution in [3.63, 3.8) is 0 Å². The highest BCUT2D eigenvalue weighted by Gasteiger charge is 2.32. The molecule has 7 nitrogen and oxygen atoms in total. The van der Waals surface area contributed by atoms with Crippen molar-refractivity contribution in [1.29, 1.82) is 0 Å². The molecule has 1 saturated carbocycles. The third-order valence-electron chi connectivity index (χ3n) is 4.14. The van der Waals surface area contributed by atoms with E-state index in [1.54, 1.807) is 0 Å². The molecule has 1 aliphatic rings. The molecule has 1 amide bonds. The Morgan fingerprint density at radius 2 is 1.92 bits per heavy atom. The second-order valence-electron chi connectivity index (χ2n) is 6.20. The van der Waals surface area contributed by atoms with Gasteiger partial charge in [0.05, 0.1) is 6.10 Å². The topological polar surface area (TPSA) is 100 Å². The summed E-state index contributed by atoms with van der Waals surface area (Å²) in [5, 5.41) is 11.6. The van der Waals surface area contributed by atoms with Gasteiger partial charge >= 0.3 is 0 Å². The van der Waals surface area contributed by atoms with Crippen LogP contribution < -0.4 is 10.0 Å². The van der Waals surface area contributed by atoms with E-state index in [9.17, 15) is 27.1 Å². The first-order valence-corrected chi connectivity index (χ1v) is 9.27. The highest BCUT2D eigenvalue weighted by molar-refractivity contribution is 7.89. The van der Waals surface area contributed by atoms with Gasteiger partial charge < -0.3 is 15.0 Å². The van der Waals surface area contributed by atoms with E-state index in [2.05, 4.69) is 10.0 Å². The molecule has 1 aromatic heterocycles. The molecule has 1 aromatic carbocycles. The lowest BCUT2D eigenvalue weighted by atomic mass is 9.91. The van der Waals surface area contributed by atoms with Gasteiger partial charge in [-0.2, -0.15) is 0 Å². The fraction of sp³-hybridized carbons (Fsp3) is 0.312. The van der Waals surface area contributed by atoms with Crippen LogP contribution in [0.15, 0.2) is 35.4 Å². The van der Waals surface area contributed by atoms with Crippen LogP contribution in [0.4, 0.5) is 14.5 Å². The van der Waals surface area contributed by atoms with Crippen LogP contribution in [0, 0.1) is 11.6 Å². The first-order valence-electron chi connectivity index (χ1n) is 7.79. The number of benzene rings is 1. The molecule has 3 rings (SSSR count). The number of aliphatic hydroxyl groups excluding tert-OH is 1. The molecule has 10 heteroatoms. The Morgan fingerprint density at radius 1 is 1.23 bits per heavy atom. The zero-order valence-electron chi connectivity index (χ0n) is 13.7. The van der Waals surface area contributed by atoms with E-state index in [4.69, 9.17) is 0 Å². The van der Waals surface area contributed by atoms with Crippen molar-refractivity contribution in [2.24, 2.45) is 7.05 Å². The summed E-state index contributed by atoms with van der Waals surface area (Å²) >= 11 is 0. The number of nitrogens with one attached hydrogen (secondary N) is 2. The Kier molecular flexibility index (Phi) is 4.82. The predicted octanol–water partition coefficient (Wildman–Crippen LogP) is 1.36. The van der Waals surface area contributed by atoms with E-state index in [0.29, 0.717) is 12.8 Å². The van der Waals surface area contributed by atoms with Crippen LogP contribution in [0.5, 0.6) is 0 Å². The lowest BCUT2D eigenvalue weighted by Gasteiger charge is -2.31. The maximum Gasteiger partial charge on any atom is 0.272 e. The number of aromatic nitrogens is 1. The summed E-state index contributed by atoms with van der Waals surface area (Å²) in [6.07, 6.45) is 1.46. The second-order valence-corrected chi connectivity index (χ2v) is 7.91. The number of aryl methyl sites for hydroxylation is 1. The molecule has 0 aliphatic heterocycles. The van der Waals surface area contributed by atoms with Gasteiger partial charge in [0.15, 0.2) is 11.6 Å². The van der Waals surface area contributed by atoms with Crippen LogP contribution >= 0.6 is 0 Å². The van der Waals surface area contributed by atoms with Gasteiger partial charge in [0, 0.05) is 31.0 Å². The van der Waals surface area contributed by atoms with Crippen molar-refractivity contribution in [2.45, 2.75) is 29.9 Å². The first-order chi connectivity index (χ1) is 12.2. The zero-order chi connectivity index (χ0) is 19.1. The Morgan fingerprint density at radius 3 is 2.54 bits per heavy atom. The molecular formula is C16H17F2N3O4S. The Hall–Kier alpha value is -2.30. The smallest absolute Gasteiger partial charge is 0.272 e. The van der Waals surface area contributed by atoms with Gasteiger partial charge in [0.1, 0.15) is 10.6 Å². The summed E-state index contributed by atoms with van der Waals surface area (Å²) in [6.45, 7) is 0. The molecule has 3 N–H and O–H groups in total. The van der Waals surface area contributed by atoms with Crippen molar-refractivity contribution >= 4 is 21.6 Å². The van der Waals surface area contributed by atoms with Gasteiger partial charge in [0.25, 0.3) is 5.91 Å². The molecule has 0 saturated heterocycles. The van der Waals surface area contributed by atoms with E-state index < -0.39 is 33.7 Å². The number of hydrogen-bond donors (Lipinski definition) is 3. The zero-order valence-corrected chi connectivity index (χ0v) is 14.6. The van der Waals surface area contributed by atoms with Gasteiger partial charge in [-0.25, -0.2) is 21.9 Å². The lowest BCUT2D eigenvalue weighted by Crippen LogP contribution is -2.46. The monoisotopic (exact) mass is 385 g/mol. The minimum absolute atomic E-state index is 0.0313. The fourth-order valence-electron chi connectivity index (χ4n) is 2.65. The number of hydrogen-bond acceptors (Lipinski definition) is 4. The molecule has 0 radical (unpaired) electrons. The fourth-order valence-corrected chi connectivity index (χ4v) is 3.98. The van der Waals surface area contributed by atoms with E-state index >= 15 is 0 Å². The number of anilines is 1. The number of halogens is 2. The van der Waals surface area contributed by atoms with Crippen LogP contribution in [0.2, 0.25) is 0 Å². The number of sulfonamides is 1. The molecule has 2 aromatic rings. The molecule has 0 bridgehead atoms. The number of carbonyl (C=O) groups excluding carboxylic acids is 1. The van der Waals surface area contributed by atoms with Gasteiger partial charge in [0.2, 0.25) is 10.0 Å². The van der Waals surface area contributed by atoms with E-state index in [1.807, 2.05) is 0 Å². The maximum absolute atomic E-state index is 13.2. The number of nitrogens with zero attached hydrogens (tertiary/aromatic N) is 1. The van der Waals surface area contributed by atoms with Gasteiger partial charge in [-0.3, -0.25) is 4.79 Å². The molecule has 0 atom stereocenters. The van der Waals surface area contributed by atoms with Gasteiger partial charge in [-0.15, -0.1) is 0 Å². The van der Waals surface area contributed by atoms with E-state index in [-0.39, 0.29) is 22.3 Å².